The summed E-state index contributed by atoms with van der Waals surface area (Å²) in [7, 11) is 0. The monoisotopic (exact) mass is 1250 g/mol. The molecule has 0 radical (unpaired) electrons. The van der Waals surface area contributed by atoms with Gasteiger partial charge in [-0.05, 0) is 49.9 Å². The molecule has 0 aromatic heterocycles. The lowest BCUT2D eigenvalue weighted by Crippen LogP contribution is -2.23. The van der Waals surface area contributed by atoms with Crippen LogP contribution >= 0.6 is 0 Å². The number of aromatic hydroxyl groups is 3. The molecule has 0 saturated heterocycles. The van der Waals surface area contributed by atoms with Gasteiger partial charge in [0.1, 0.15) is 6.11 Å². The highest BCUT2D eigenvalue weighted by atomic mass is 16.7. The SMILES string of the molecule is CC#COc1c2c3cc4c1OCOc1c(cc5c(c1O)OCOc1c(cc6c(c1O)OCOc1c(cc(c(c1O)OCO2)C3CCCCCCCCCCC)C6CCCCCCCCCCC)C5CCCCCCCCCCC)C4CCCCCCCCCCC. The summed E-state index contributed by atoms with van der Waals surface area (Å²) in [4.78, 5) is 0. The maximum absolute atomic E-state index is 13.1. The van der Waals surface area contributed by atoms with E-state index in [1.807, 2.05) is 0 Å². The van der Waals surface area contributed by atoms with Crippen LogP contribution in [-0.4, -0.2) is 42.5 Å². The average molecular weight is 1260 g/mol. The lowest BCUT2D eigenvalue weighted by Gasteiger charge is -2.36. The van der Waals surface area contributed by atoms with Gasteiger partial charge in [-0.15, -0.1) is 0 Å². The van der Waals surface area contributed by atoms with E-state index < -0.39 is 11.8 Å². The Morgan fingerprint density at radius 1 is 0.297 bits per heavy atom. The highest BCUT2D eigenvalue weighted by Crippen LogP contribution is 2.62. The van der Waals surface area contributed by atoms with Crippen molar-refractivity contribution in [2.45, 2.75) is 315 Å². The molecule has 4 aliphatic heterocycles. The minimum absolute atomic E-state index is 0.0934. The molecule has 0 amide bonds. The fourth-order valence-corrected chi connectivity index (χ4v) is 15.3. The summed E-state index contributed by atoms with van der Waals surface area (Å²) in [6.45, 7) is 9.73. The smallest absolute Gasteiger partial charge is 0.231 e. The summed E-state index contributed by atoms with van der Waals surface area (Å²) >= 11 is 0. The van der Waals surface area contributed by atoms with Gasteiger partial charge in [0, 0.05) is 75.1 Å². The molecular weight excluding hydrogens is 1140 g/mol. The Morgan fingerprint density at radius 2 is 0.484 bits per heavy atom. The number of hydrogen-bond donors (Lipinski definition) is 3. The second-order valence-electron chi connectivity index (χ2n) is 27.0. The summed E-state index contributed by atoms with van der Waals surface area (Å²) < 4.78 is 60.4. The number of phenols is 3. The quantitative estimate of drug-likeness (QED) is 0.0287. The van der Waals surface area contributed by atoms with Crippen LogP contribution in [0, 0.1) is 12.0 Å². The van der Waals surface area contributed by atoms with Crippen LogP contribution in [0.25, 0.3) is 0 Å². The number of ether oxygens (including phenoxy) is 9. The molecule has 4 aromatic carbocycles. The van der Waals surface area contributed by atoms with E-state index in [0.717, 1.165) is 122 Å². The highest BCUT2D eigenvalue weighted by molar-refractivity contribution is 5.73. The highest BCUT2D eigenvalue weighted by Gasteiger charge is 2.42. The van der Waals surface area contributed by atoms with Crippen molar-refractivity contribution in [3.63, 3.8) is 0 Å². The number of hydrogen-bond acceptors (Lipinski definition) is 12. The number of rotatable bonds is 41. The first-order valence-electron chi connectivity index (χ1n) is 36.9. The Bertz CT molecular complexity index is 2780. The van der Waals surface area contributed by atoms with E-state index in [-0.39, 0.29) is 56.3 Å². The van der Waals surface area contributed by atoms with E-state index in [9.17, 15) is 15.3 Å². The molecule has 0 spiro atoms. The van der Waals surface area contributed by atoms with E-state index in [1.54, 1.807) is 6.92 Å². The van der Waals surface area contributed by atoms with Gasteiger partial charge in [0.2, 0.25) is 50.2 Å². The normalized spacial score (nSPS) is 17.2. The molecule has 5 aliphatic rings. The molecular formula is C79H114O12. The molecule has 8 bridgehead atoms. The number of unbranched alkanes of at least 4 members (excludes halogenated alkanes) is 32. The van der Waals surface area contributed by atoms with E-state index in [1.165, 1.54) is 154 Å². The lowest BCUT2D eigenvalue weighted by atomic mass is 9.75. The summed E-state index contributed by atoms with van der Waals surface area (Å²) in [6.07, 6.45) is 47.8. The second-order valence-corrected chi connectivity index (χ2v) is 27.0. The van der Waals surface area contributed by atoms with Crippen molar-refractivity contribution in [2.24, 2.45) is 0 Å². The minimum Gasteiger partial charge on any atom is -0.502 e. The third-order valence-electron chi connectivity index (χ3n) is 20.3. The van der Waals surface area contributed by atoms with Crippen molar-refractivity contribution in [1.82, 2.24) is 0 Å². The summed E-state index contributed by atoms with van der Waals surface area (Å²) in [5.74, 6) is 4.27. The Hall–Kier alpha value is -5.96. The van der Waals surface area contributed by atoms with E-state index in [2.05, 4.69) is 64.0 Å². The van der Waals surface area contributed by atoms with Crippen LogP contribution in [0.2, 0.25) is 0 Å². The van der Waals surface area contributed by atoms with E-state index >= 15 is 0 Å². The Morgan fingerprint density at radius 3 is 0.692 bits per heavy atom. The summed E-state index contributed by atoms with van der Waals surface area (Å²) in [5.41, 5.74) is 6.69. The zero-order chi connectivity index (χ0) is 63.6. The van der Waals surface area contributed by atoms with Gasteiger partial charge in [-0.3, -0.25) is 0 Å². The van der Waals surface area contributed by atoms with Crippen molar-refractivity contribution in [2.75, 3.05) is 27.2 Å². The predicted octanol–water partition coefficient (Wildman–Crippen LogP) is 22.6. The molecule has 0 saturated carbocycles. The maximum Gasteiger partial charge on any atom is 0.231 e. The molecule has 1 aliphatic carbocycles. The molecule has 4 unspecified atom stereocenters. The van der Waals surface area contributed by atoms with E-state index in [0.29, 0.717) is 77.4 Å². The van der Waals surface area contributed by atoms with Crippen LogP contribution in [0.1, 0.15) is 360 Å². The molecule has 4 heterocycles. The number of benzene rings is 4. The zero-order valence-electron chi connectivity index (χ0n) is 56.7. The van der Waals surface area contributed by atoms with Gasteiger partial charge in [0.15, 0.2) is 46.0 Å². The predicted molar refractivity (Wildman–Crippen MR) is 364 cm³/mol. The Labute approximate surface area is 547 Å². The molecule has 9 rings (SSSR count). The number of phenolic OH excluding ortho intramolecular Hbond substituents is 3. The maximum atomic E-state index is 13.1. The second kappa shape index (κ2) is 37.1. The third kappa shape index (κ3) is 17.8. The fraction of sp³-hybridized carbons (Fsp3) is 0.671. The van der Waals surface area contributed by atoms with Gasteiger partial charge in [0.05, 0.1) is 0 Å². The van der Waals surface area contributed by atoms with Crippen LogP contribution in [0.4, 0.5) is 0 Å². The summed E-state index contributed by atoms with van der Waals surface area (Å²) in [5, 5.41) is 39.2. The molecule has 12 nitrogen and oxygen atoms in total. The molecule has 91 heavy (non-hydrogen) atoms. The van der Waals surface area contributed by atoms with Crippen LogP contribution in [0.5, 0.6) is 69.0 Å². The average Bonchev–Trinajstić information content (AvgIpc) is 1.07. The summed E-state index contributed by atoms with van der Waals surface area (Å²) in [6, 6.07) is 9.01. The van der Waals surface area contributed by atoms with Gasteiger partial charge in [-0.2, -0.15) is 0 Å². The third-order valence-corrected chi connectivity index (χ3v) is 20.3. The fourth-order valence-electron chi connectivity index (χ4n) is 15.3. The first-order valence-corrected chi connectivity index (χ1v) is 36.9. The molecule has 3 N–H and O–H groups in total. The molecule has 502 valence electrons. The molecule has 4 atom stereocenters. The van der Waals surface area contributed by atoms with Crippen molar-refractivity contribution < 1.29 is 58.0 Å². The van der Waals surface area contributed by atoms with Crippen molar-refractivity contribution >= 4 is 0 Å². The van der Waals surface area contributed by atoms with Crippen molar-refractivity contribution in [1.29, 1.82) is 0 Å². The van der Waals surface area contributed by atoms with Gasteiger partial charge in [0.25, 0.3) is 0 Å². The molecule has 0 fully saturated rings. The van der Waals surface area contributed by atoms with Gasteiger partial charge in [-0.25, -0.2) is 0 Å². The first-order chi connectivity index (χ1) is 44.8. The Balaban J connectivity index is 1.27. The van der Waals surface area contributed by atoms with Gasteiger partial charge < -0.3 is 58.0 Å². The lowest BCUT2D eigenvalue weighted by molar-refractivity contribution is 0.0871. The Kier molecular flexibility index (Phi) is 28.3. The van der Waals surface area contributed by atoms with Crippen LogP contribution < -0.4 is 42.6 Å². The zero-order valence-corrected chi connectivity index (χ0v) is 56.7. The van der Waals surface area contributed by atoms with Crippen LogP contribution in [0.3, 0.4) is 0 Å². The topological polar surface area (TPSA) is 144 Å². The van der Waals surface area contributed by atoms with E-state index in [4.69, 9.17) is 42.6 Å². The molecule has 4 aromatic rings. The van der Waals surface area contributed by atoms with Crippen LogP contribution in [-0.2, 0) is 0 Å². The van der Waals surface area contributed by atoms with Gasteiger partial charge >= 0.3 is 0 Å². The minimum atomic E-state index is -0.407. The van der Waals surface area contributed by atoms with Crippen molar-refractivity contribution in [3.05, 3.63) is 68.8 Å². The largest absolute Gasteiger partial charge is 0.502 e. The van der Waals surface area contributed by atoms with Crippen LogP contribution in [0.15, 0.2) is 24.3 Å². The molecule has 12 heteroatoms. The standard InChI is InChI=1S/C79H114O12/c1-6-11-15-19-23-27-31-35-39-43-56-60-48-61-57(44-40-36-32-28-24-20-16-12-7-2)63-50-65-59(46-42-38-34-30-26-22-18-14-9-4)67-51-66-58(45-41-37-33-29-25-21-17-13-8-3)64-49-62(56)73-69(81)75(64)88-54-90-77(66)79(83-47-10-5)78(67)91-55-89-76(65)70(82)74(63)87-53-85-72(61)68(80)71(60)84-52-86-73/h48-51,56-59,80-82H,6-9,11-46,52-55H2,1-5H3. The first kappa shape index (κ1) is 69.4. The van der Waals surface area contributed by atoms with Gasteiger partial charge in [-0.1, -0.05) is 265 Å². The van der Waals surface area contributed by atoms with Crippen molar-refractivity contribution in [3.8, 4) is 81.0 Å².